The number of nitrogens with zero attached hydrogens (tertiary/aromatic N) is 3. The SMILES string of the molecule is CCOC(=O)c1nc(Nc2cc(C)ccc2OC)c2c(C)noc2n1. The molecule has 0 atom stereocenters. The maximum Gasteiger partial charge on any atom is 0.376 e. The first kappa shape index (κ1) is 16.7. The fraction of sp³-hybridized carbons (Fsp3) is 0.294. The minimum absolute atomic E-state index is 0.0976. The van der Waals surface area contributed by atoms with Crippen molar-refractivity contribution in [3.63, 3.8) is 0 Å². The summed E-state index contributed by atoms with van der Waals surface area (Å²) in [4.78, 5) is 20.4. The highest BCUT2D eigenvalue weighted by atomic mass is 16.5. The third kappa shape index (κ3) is 3.23. The average molecular weight is 342 g/mol. The van der Waals surface area contributed by atoms with Crippen LogP contribution in [0.15, 0.2) is 22.7 Å². The summed E-state index contributed by atoms with van der Waals surface area (Å²) in [7, 11) is 1.58. The molecule has 0 aliphatic carbocycles. The van der Waals surface area contributed by atoms with Gasteiger partial charge in [-0.15, -0.1) is 0 Å². The molecule has 1 N–H and O–H groups in total. The zero-order chi connectivity index (χ0) is 18.0. The number of hydrogen-bond acceptors (Lipinski definition) is 8. The summed E-state index contributed by atoms with van der Waals surface area (Å²) < 4.78 is 15.5. The molecule has 0 amide bonds. The van der Waals surface area contributed by atoms with E-state index >= 15 is 0 Å². The number of hydrogen-bond donors (Lipinski definition) is 1. The van der Waals surface area contributed by atoms with Crippen LogP contribution in [0.1, 0.15) is 28.8 Å². The largest absolute Gasteiger partial charge is 0.495 e. The summed E-state index contributed by atoms with van der Waals surface area (Å²) in [5.41, 5.74) is 2.57. The fourth-order valence-electron chi connectivity index (χ4n) is 2.41. The Balaban J connectivity index is 2.12. The lowest BCUT2D eigenvalue weighted by Crippen LogP contribution is -2.11. The Hall–Kier alpha value is -3.16. The van der Waals surface area contributed by atoms with Crippen LogP contribution in [0.2, 0.25) is 0 Å². The molecule has 0 fully saturated rings. The van der Waals surface area contributed by atoms with Crippen LogP contribution in [0.5, 0.6) is 5.75 Å². The number of carbonyl (C=O) groups is 1. The van der Waals surface area contributed by atoms with E-state index in [1.165, 1.54) is 0 Å². The second-order valence-electron chi connectivity index (χ2n) is 5.39. The molecular weight excluding hydrogens is 324 g/mol. The number of nitrogens with one attached hydrogen (secondary N) is 1. The summed E-state index contributed by atoms with van der Waals surface area (Å²) in [6.45, 7) is 5.68. The van der Waals surface area contributed by atoms with Gasteiger partial charge in [-0.25, -0.2) is 9.78 Å². The summed E-state index contributed by atoms with van der Waals surface area (Å²) in [5.74, 6) is 0.317. The highest BCUT2D eigenvalue weighted by Crippen LogP contribution is 2.32. The first-order valence-electron chi connectivity index (χ1n) is 7.76. The molecule has 8 heteroatoms. The molecule has 0 saturated carbocycles. The van der Waals surface area contributed by atoms with Crippen molar-refractivity contribution in [1.82, 2.24) is 15.1 Å². The second kappa shape index (κ2) is 6.76. The predicted octanol–water partition coefficient (Wildman–Crippen LogP) is 3.16. The van der Waals surface area contributed by atoms with Gasteiger partial charge in [0.15, 0.2) is 0 Å². The number of ether oxygens (including phenoxy) is 2. The van der Waals surface area contributed by atoms with E-state index < -0.39 is 5.97 Å². The minimum Gasteiger partial charge on any atom is -0.495 e. The molecule has 0 saturated heterocycles. The summed E-state index contributed by atoms with van der Waals surface area (Å²) >= 11 is 0. The van der Waals surface area contributed by atoms with Gasteiger partial charge in [-0.05, 0) is 38.5 Å². The van der Waals surface area contributed by atoms with E-state index in [0.29, 0.717) is 28.3 Å². The molecule has 130 valence electrons. The van der Waals surface area contributed by atoms with Crippen molar-refractivity contribution in [3.05, 3.63) is 35.3 Å². The summed E-state index contributed by atoms with van der Waals surface area (Å²) in [5, 5.41) is 7.69. The lowest BCUT2D eigenvalue weighted by atomic mass is 10.2. The van der Waals surface area contributed by atoms with Crippen molar-refractivity contribution in [2.45, 2.75) is 20.8 Å². The third-order valence-electron chi connectivity index (χ3n) is 3.57. The molecule has 0 unspecified atom stereocenters. The number of fused-ring (bicyclic) bond motifs is 1. The number of carbonyl (C=O) groups excluding carboxylic acids is 1. The zero-order valence-electron chi connectivity index (χ0n) is 14.4. The minimum atomic E-state index is -0.627. The highest BCUT2D eigenvalue weighted by Gasteiger charge is 2.20. The lowest BCUT2D eigenvalue weighted by molar-refractivity contribution is 0.0512. The van der Waals surface area contributed by atoms with Crippen molar-refractivity contribution in [2.75, 3.05) is 19.0 Å². The van der Waals surface area contributed by atoms with E-state index in [9.17, 15) is 4.79 Å². The van der Waals surface area contributed by atoms with E-state index in [2.05, 4.69) is 20.4 Å². The van der Waals surface area contributed by atoms with Crippen LogP contribution < -0.4 is 10.1 Å². The van der Waals surface area contributed by atoms with Crippen molar-refractivity contribution >= 4 is 28.6 Å². The van der Waals surface area contributed by atoms with E-state index in [4.69, 9.17) is 14.0 Å². The van der Waals surface area contributed by atoms with E-state index in [1.807, 2.05) is 25.1 Å². The van der Waals surface area contributed by atoms with Crippen LogP contribution in [0.4, 0.5) is 11.5 Å². The van der Waals surface area contributed by atoms with Crippen LogP contribution >= 0.6 is 0 Å². The van der Waals surface area contributed by atoms with Gasteiger partial charge in [-0.1, -0.05) is 11.2 Å². The Morgan fingerprint density at radius 1 is 1.28 bits per heavy atom. The normalized spacial score (nSPS) is 10.7. The lowest BCUT2D eigenvalue weighted by Gasteiger charge is -2.12. The molecule has 25 heavy (non-hydrogen) atoms. The van der Waals surface area contributed by atoms with Gasteiger partial charge in [0.25, 0.3) is 5.71 Å². The van der Waals surface area contributed by atoms with Crippen LogP contribution in [0.25, 0.3) is 11.1 Å². The van der Waals surface area contributed by atoms with Gasteiger partial charge in [0.2, 0.25) is 5.82 Å². The van der Waals surface area contributed by atoms with Gasteiger partial charge >= 0.3 is 5.97 Å². The number of esters is 1. The van der Waals surface area contributed by atoms with Crippen LogP contribution in [0.3, 0.4) is 0 Å². The molecule has 0 bridgehead atoms. The molecular formula is C17H18N4O4. The van der Waals surface area contributed by atoms with Crippen LogP contribution in [-0.4, -0.2) is 34.8 Å². The molecule has 0 radical (unpaired) electrons. The Kier molecular flexibility index (Phi) is 4.51. The van der Waals surface area contributed by atoms with Crippen molar-refractivity contribution in [3.8, 4) is 5.75 Å². The number of aryl methyl sites for hydroxylation is 2. The molecule has 2 heterocycles. The Morgan fingerprint density at radius 2 is 2.08 bits per heavy atom. The molecule has 0 aliphatic heterocycles. The zero-order valence-corrected chi connectivity index (χ0v) is 14.4. The van der Waals surface area contributed by atoms with E-state index in [-0.39, 0.29) is 18.1 Å². The molecule has 1 aromatic carbocycles. The second-order valence-corrected chi connectivity index (χ2v) is 5.39. The maximum atomic E-state index is 12.0. The molecule has 3 rings (SSSR count). The quantitative estimate of drug-likeness (QED) is 0.706. The third-order valence-corrected chi connectivity index (χ3v) is 3.57. The number of aromatic nitrogens is 3. The molecule has 0 aliphatic rings. The molecule has 0 spiro atoms. The fourth-order valence-corrected chi connectivity index (χ4v) is 2.41. The van der Waals surface area contributed by atoms with Crippen molar-refractivity contribution in [1.29, 1.82) is 0 Å². The average Bonchev–Trinajstić information content (AvgIpc) is 2.97. The maximum absolute atomic E-state index is 12.0. The van der Waals surface area contributed by atoms with E-state index in [1.54, 1.807) is 21.0 Å². The Labute approximate surface area is 144 Å². The molecule has 3 aromatic rings. The molecule has 8 nitrogen and oxygen atoms in total. The monoisotopic (exact) mass is 342 g/mol. The van der Waals surface area contributed by atoms with Gasteiger partial charge in [-0.3, -0.25) is 0 Å². The smallest absolute Gasteiger partial charge is 0.376 e. The van der Waals surface area contributed by atoms with E-state index in [0.717, 1.165) is 5.56 Å². The summed E-state index contributed by atoms with van der Waals surface area (Å²) in [6.07, 6.45) is 0. The van der Waals surface area contributed by atoms with Crippen LogP contribution in [0, 0.1) is 13.8 Å². The topological polar surface area (TPSA) is 99.4 Å². The van der Waals surface area contributed by atoms with Crippen molar-refractivity contribution < 1.29 is 18.8 Å². The standard InChI is InChI=1S/C17H18N4O4/c1-5-24-17(22)15-19-14(13-10(3)21-25-16(13)20-15)18-11-8-9(2)6-7-12(11)23-4/h6-8H,5H2,1-4H3,(H,18,19,20). The first-order chi connectivity index (χ1) is 12.0. The van der Waals surface area contributed by atoms with Gasteiger partial charge in [0.05, 0.1) is 25.1 Å². The van der Waals surface area contributed by atoms with Gasteiger partial charge in [0, 0.05) is 0 Å². The highest BCUT2D eigenvalue weighted by molar-refractivity contribution is 5.94. The van der Waals surface area contributed by atoms with Gasteiger partial charge in [-0.2, -0.15) is 4.98 Å². The van der Waals surface area contributed by atoms with Gasteiger partial charge < -0.3 is 19.3 Å². The number of rotatable bonds is 5. The first-order valence-corrected chi connectivity index (χ1v) is 7.76. The number of benzene rings is 1. The van der Waals surface area contributed by atoms with Gasteiger partial charge in [0.1, 0.15) is 17.0 Å². The summed E-state index contributed by atoms with van der Waals surface area (Å²) in [6, 6.07) is 5.71. The number of anilines is 2. The Morgan fingerprint density at radius 3 is 2.80 bits per heavy atom. The van der Waals surface area contributed by atoms with Crippen molar-refractivity contribution in [2.24, 2.45) is 0 Å². The molecule has 2 aromatic heterocycles. The number of methoxy groups -OCH3 is 1. The Bertz CT molecular complexity index is 936. The predicted molar refractivity (Wildman–Crippen MR) is 91.3 cm³/mol. The van der Waals surface area contributed by atoms with Crippen LogP contribution in [-0.2, 0) is 4.74 Å².